The van der Waals surface area contributed by atoms with Gasteiger partial charge < -0.3 is 24.3 Å². The van der Waals surface area contributed by atoms with Gasteiger partial charge in [-0.1, -0.05) is 0 Å². The lowest BCUT2D eigenvalue weighted by Crippen LogP contribution is -2.40. The molecule has 2 heterocycles. The summed E-state index contributed by atoms with van der Waals surface area (Å²) >= 11 is 1.67. The highest BCUT2D eigenvalue weighted by atomic mass is 32.2. The number of aliphatic hydroxyl groups excluding tert-OH is 1. The number of rotatable bonds is 8. The van der Waals surface area contributed by atoms with E-state index in [1.54, 1.807) is 11.8 Å². The summed E-state index contributed by atoms with van der Waals surface area (Å²) in [5.74, 6) is 1.68. The largest absolute Gasteiger partial charge is 0.487 e. The first-order chi connectivity index (χ1) is 15.3. The van der Waals surface area contributed by atoms with Crippen molar-refractivity contribution in [2.75, 3.05) is 25.2 Å². The van der Waals surface area contributed by atoms with E-state index in [2.05, 4.69) is 5.32 Å². The van der Waals surface area contributed by atoms with Crippen LogP contribution in [-0.2, 0) is 24.1 Å². The Hall–Kier alpha value is -2.19. The fourth-order valence-electron chi connectivity index (χ4n) is 4.55. The summed E-state index contributed by atoms with van der Waals surface area (Å²) in [7, 11) is 0. The van der Waals surface area contributed by atoms with E-state index < -0.39 is 0 Å². The summed E-state index contributed by atoms with van der Waals surface area (Å²) in [5.41, 5.74) is 2.46. The summed E-state index contributed by atoms with van der Waals surface area (Å²) in [4.78, 5) is 25.1. The molecule has 4 rings (SSSR count). The van der Waals surface area contributed by atoms with Crippen molar-refractivity contribution in [3.8, 4) is 11.5 Å². The van der Waals surface area contributed by atoms with Crippen LogP contribution in [0.4, 0.5) is 0 Å². The Bertz CT molecular complexity index is 1080. The minimum absolute atomic E-state index is 0.115. The summed E-state index contributed by atoms with van der Waals surface area (Å²) in [6, 6.07) is 1.53. The number of hydrogen-bond acceptors (Lipinski definition) is 7. The predicted octanol–water partition coefficient (Wildman–Crippen LogP) is 2.99. The van der Waals surface area contributed by atoms with Gasteiger partial charge in [0.05, 0.1) is 18.0 Å². The van der Waals surface area contributed by atoms with Crippen LogP contribution < -0.4 is 20.4 Å². The number of carbonyl (C=O) groups excluding carboxylic acids is 1. The van der Waals surface area contributed by atoms with Gasteiger partial charge in [-0.05, 0) is 69.9 Å². The Balaban J connectivity index is 1.67. The molecule has 0 saturated heterocycles. The quantitative estimate of drug-likeness (QED) is 0.583. The lowest BCUT2D eigenvalue weighted by molar-refractivity contribution is -0.124. The molecule has 32 heavy (non-hydrogen) atoms. The first-order valence-corrected chi connectivity index (χ1v) is 12.6. The molecule has 1 atom stereocenters. The molecule has 2 aromatic rings. The second-order valence-electron chi connectivity index (χ2n) is 9.13. The van der Waals surface area contributed by atoms with E-state index in [4.69, 9.17) is 13.9 Å². The van der Waals surface area contributed by atoms with E-state index in [0.29, 0.717) is 35.5 Å². The van der Waals surface area contributed by atoms with Crippen molar-refractivity contribution in [3.05, 3.63) is 33.2 Å². The van der Waals surface area contributed by atoms with Gasteiger partial charge in [0.2, 0.25) is 0 Å². The number of nitrogens with one attached hydrogen (secondary N) is 1. The molecule has 0 unspecified atom stereocenters. The molecular weight excluding hydrogens is 430 g/mol. The van der Waals surface area contributed by atoms with Gasteiger partial charge in [-0.2, -0.15) is 11.8 Å². The van der Waals surface area contributed by atoms with Gasteiger partial charge in [0.1, 0.15) is 22.7 Å². The molecule has 1 aliphatic carbocycles. The van der Waals surface area contributed by atoms with Crippen LogP contribution in [0.3, 0.4) is 0 Å². The van der Waals surface area contributed by atoms with Gasteiger partial charge in [0, 0.05) is 17.2 Å². The van der Waals surface area contributed by atoms with Gasteiger partial charge in [0.15, 0.2) is 6.61 Å². The third-order valence-electron chi connectivity index (χ3n) is 6.25. The van der Waals surface area contributed by atoms with Crippen LogP contribution in [0.5, 0.6) is 11.5 Å². The van der Waals surface area contributed by atoms with Crippen LogP contribution in [0.15, 0.2) is 15.3 Å². The van der Waals surface area contributed by atoms with Crippen molar-refractivity contribution in [2.45, 2.75) is 64.0 Å². The first-order valence-electron chi connectivity index (χ1n) is 11.2. The fourth-order valence-corrected chi connectivity index (χ4v) is 5.07. The Morgan fingerprint density at radius 3 is 2.81 bits per heavy atom. The van der Waals surface area contributed by atoms with Crippen LogP contribution in [-0.4, -0.2) is 47.9 Å². The molecule has 8 heteroatoms. The third-order valence-corrected chi connectivity index (χ3v) is 6.89. The monoisotopic (exact) mass is 461 g/mol. The number of ether oxygens (including phenoxy) is 2. The summed E-state index contributed by atoms with van der Waals surface area (Å²) in [6.07, 6.45) is 6.61. The SMILES string of the molecule is CSCC[C@H](CO)NC(=O)COc1cc2c(c3oc(=O)c4c(c13)CCC4)CCC(C)(C)O2. The highest BCUT2D eigenvalue weighted by molar-refractivity contribution is 7.98. The molecule has 174 valence electrons. The molecule has 1 aliphatic heterocycles. The molecule has 2 aliphatic rings. The van der Waals surface area contributed by atoms with Gasteiger partial charge in [-0.25, -0.2) is 4.79 Å². The van der Waals surface area contributed by atoms with Crippen molar-refractivity contribution < 1.29 is 23.8 Å². The molecule has 7 nitrogen and oxygen atoms in total. The summed E-state index contributed by atoms with van der Waals surface area (Å²) in [5, 5.41) is 13.1. The highest BCUT2D eigenvalue weighted by Crippen LogP contribution is 2.44. The summed E-state index contributed by atoms with van der Waals surface area (Å²) < 4.78 is 18.0. The van der Waals surface area contributed by atoms with E-state index in [1.807, 2.05) is 26.2 Å². The molecule has 1 amide bonds. The third kappa shape index (κ3) is 4.62. The maximum Gasteiger partial charge on any atom is 0.339 e. The molecule has 2 N–H and O–H groups in total. The first kappa shape index (κ1) is 23.0. The van der Waals surface area contributed by atoms with Crippen molar-refractivity contribution in [1.82, 2.24) is 5.32 Å². The average Bonchev–Trinajstić information content (AvgIpc) is 3.24. The zero-order chi connectivity index (χ0) is 22.9. The summed E-state index contributed by atoms with van der Waals surface area (Å²) in [6.45, 7) is 3.74. The second kappa shape index (κ2) is 9.35. The van der Waals surface area contributed by atoms with Gasteiger partial charge >= 0.3 is 5.63 Å². The van der Waals surface area contributed by atoms with Gasteiger partial charge in [-0.3, -0.25) is 4.79 Å². The topological polar surface area (TPSA) is 98.0 Å². The van der Waals surface area contributed by atoms with Crippen LogP contribution in [0.25, 0.3) is 11.0 Å². The van der Waals surface area contributed by atoms with E-state index in [1.165, 1.54) is 0 Å². The second-order valence-corrected chi connectivity index (χ2v) is 10.1. The number of thioether (sulfide) groups is 1. The smallest absolute Gasteiger partial charge is 0.339 e. The normalized spacial score (nSPS) is 17.4. The molecule has 0 fully saturated rings. The maximum absolute atomic E-state index is 12.6. The van der Waals surface area contributed by atoms with Crippen LogP contribution in [0, 0.1) is 0 Å². The standard InChI is InChI=1S/C24H31NO6S/c1-24(2)9-7-17-18(31-24)11-19(29-13-20(27)25-14(12-26)8-10-32-3)21-15-5-4-6-16(15)23(28)30-22(17)21/h11,14,26H,4-10,12-13H2,1-3H3,(H,25,27)/t14-/m1/s1. The molecule has 0 spiro atoms. The number of aliphatic hydroxyl groups is 1. The zero-order valence-corrected chi connectivity index (χ0v) is 19.7. The minimum atomic E-state index is -0.335. The van der Waals surface area contributed by atoms with E-state index in [-0.39, 0.29) is 36.4 Å². The van der Waals surface area contributed by atoms with Crippen molar-refractivity contribution in [1.29, 1.82) is 0 Å². The predicted molar refractivity (Wildman–Crippen MR) is 125 cm³/mol. The number of amides is 1. The highest BCUT2D eigenvalue weighted by Gasteiger charge is 2.32. The Morgan fingerprint density at radius 2 is 2.06 bits per heavy atom. The maximum atomic E-state index is 12.6. The Morgan fingerprint density at radius 1 is 1.28 bits per heavy atom. The number of hydrogen-bond donors (Lipinski definition) is 2. The minimum Gasteiger partial charge on any atom is -0.487 e. The lowest BCUT2D eigenvalue weighted by atomic mass is 9.91. The molecule has 0 bridgehead atoms. The number of aryl methyl sites for hydroxylation is 2. The number of fused-ring (bicyclic) bond motifs is 5. The Kier molecular flexibility index (Phi) is 6.72. The van der Waals surface area contributed by atoms with Crippen molar-refractivity contribution in [2.24, 2.45) is 0 Å². The number of carbonyl (C=O) groups is 1. The molecule has 0 radical (unpaired) electrons. The van der Waals surface area contributed by atoms with Crippen LogP contribution in [0.2, 0.25) is 0 Å². The molecule has 1 aromatic heterocycles. The van der Waals surface area contributed by atoms with Crippen molar-refractivity contribution in [3.63, 3.8) is 0 Å². The van der Waals surface area contributed by atoms with Gasteiger partial charge in [0.25, 0.3) is 5.91 Å². The number of benzene rings is 1. The lowest BCUT2D eigenvalue weighted by Gasteiger charge is -2.33. The Labute approximate surface area is 191 Å². The van der Waals surface area contributed by atoms with Crippen molar-refractivity contribution >= 4 is 28.6 Å². The zero-order valence-electron chi connectivity index (χ0n) is 18.9. The van der Waals surface area contributed by atoms with E-state index in [0.717, 1.165) is 47.9 Å². The molecule has 0 saturated carbocycles. The van der Waals surface area contributed by atoms with E-state index in [9.17, 15) is 14.7 Å². The molecule has 1 aromatic carbocycles. The van der Waals surface area contributed by atoms with E-state index >= 15 is 0 Å². The van der Waals surface area contributed by atoms with Crippen LogP contribution in [0.1, 0.15) is 49.8 Å². The fraction of sp³-hybridized carbons (Fsp3) is 0.583. The molecular formula is C24H31NO6S. The van der Waals surface area contributed by atoms with Gasteiger partial charge in [-0.15, -0.1) is 0 Å². The average molecular weight is 462 g/mol. The van der Waals surface area contributed by atoms with Crippen LogP contribution >= 0.6 is 11.8 Å².